The first kappa shape index (κ1) is 21.1. The Balaban J connectivity index is 1.41. The van der Waals surface area contributed by atoms with Crippen molar-refractivity contribution in [2.75, 3.05) is 19.6 Å². The van der Waals surface area contributed by atoms with Gasteiger partial charge in [-0.15, -0.1) is 0 Å². The molecule has 0 atom stereocenters. The van der Waals surface area contributed by atoms with Gasteiger partial charge in [0, 0.05) is 31.6 Å². The average Bonchev–Trinajstić information content (AvgIpc) is 3.14. The summed E-state index contributed by atoms with van der Waals surface area (Å²) in [7, 11) is 0. The number of rotatable bonds is 7. The second-order valence-electron chi connectivity index (χ2n) is 8.22. The van der Waals surface area contributed by atoms with Crippen molar-refractivity contribution in [3.8, 4) is 0 Å². The normalized spacial score (nSPS) is 14.0. The van der Waals surface area contributed by atoms with Gasteiger partial charge in [-0.1, -0.05) is 30.3 Å². The lowest BCUT2D eigenvalue weighted by molar-refractivity contribution is -0.132. The van der Waals surface area contributed by atoms with Gasteiger partial charge in [0.15, 0.2) is 0 Å². The van der Waals surface area contributed by atoms with Gasteiger partial charge in [0.2, 0.25) is 5.91 Å². The van der Waals surface area contributed by atoms with Crippen molar-refractivity contribution in [2.45, 2.75) is 45.6 Å². The van der Waals surface area contributed by atoms with Crippen LogP contribution >= 0.6 is 0 Å². The highest BCUT2D eigenvalue weighted by molar-refractivity contribution is 5.95. The molecule has 6 heteroatoms. The monoisotopic (exact) mass is 418 g/mol. The highest BCUT2D eigenvalue weighted by atomic mass is 16.2. The van der Waals surface area contributed by atoms with Crippen LogP contribution in [0.15, 0.2) is 48.5 Å². The molecule has 1 N–H and O–H groups in total. The molecule has 2 amide bonds. The van der Waals surface area contributed by atoms with E-state index < -0.39 is 0 Å². The summed E-state index contributed by atoms with van der Waals surface area (Å²) in [6.45, 7) is 4.54. The number of para-hydroxylation sites is 2. The maximum atomic E-state index is 12.9. The highest BCUT2D eigenvalue weighted by Gasteiger charge is 2.20. The van der Waals surface area contributed by atoms with Crippen LogP contribution < -0.4 is 5.32 Å². The van der Waals surface area contributed by atoms with Gasteiger partial charge in [0.1, 0.15) is 12.4 Å². The van der Waals surface area contributed by atoms with Crippen molar-refractivity contribution in [3.05, 3.63) is 65.5 Å². The Morgan fingerprint density at radius 2 is 1.74 bits per heavy atom. The highest BCUT2D eigenvalue weighted by Crippen LogP contribution is 2.18. The topological polar surface area (TPSA) is 67.2 Å². The number of hydrogen-bond donors (Lipinski definition) is 1. The number of carbonyl (C=O) groups is 2. The molecular formula is C25H30N4O2. The second-order valence-corrected chi connectivity index (χ2v) is 8.22. The molecule has 3 aromatic rings. The number of fused-ring (bicyclic) bond motifs is 1. The first-order valence-electron chi connectivity index (χ1n) is 11.2. The van der Waals surface area contributed by atoms with E-state index in [1.165, 1.54) is 6.42 Å². The lowest BCUT2D eigenvalue weighted by Gasteiger charge is -2.27. The van der Waals surface area contributed by atoms with Crippen molar-refractivity contribution >= 4 is 22.8 Å². The Hall–Kier alpha value is -3.15. The van der Waals surface area contributed by atoms with Crippen LogP contribution in [0.5, 0.6) is 0 Å². The third-order valence-corrected chi connectivity index (χ3v) is 5.99. The van der Waals surface area contributed by atoms with E-state index >= 15 is 0 Å². The van der Waals surface area contributed by atoms with Gasteiger partial charge in [-0.25, -0.2) is 4.98 Å². The summed E-state index contributed by atoms with van der Waals surface area (Å²) < 4.78 is 2.05. The minimum atomic E-state index is -0.0492. The number of aryl methyl sites for hydroxylation is 2. The number of nitrogens with one attached hydrogen (secondary N) is 1. The fraction of sp³-hybridized carbons (Fsp3) is 0.400. The van der Waals surface area contributed by atoms with Crippen LogP contribution in [0.3, 0.4) is 0 Å². The summed E-state index contributed by atoms with van der Waals surface area (Å²) in [5.74, 6) is 1.01. The Bertz CT molecular complexity index is 1070. The molecule has 2 heterocycles. The van der Waals surface area contributed by atoms with Crippen molar-refractivity contribution in [2.24, 2.45) is 0 Å². The van der Waals surface area contributed by atoms with E-state index in [4.69, 9.17) is 4.98 Å². The smallest absolute Gasteiger partial charge is 0.251 e. The quantitative estimate of drug-likeness (QED) is 0.595. The molecule has 1 aromatic heterocycles. The number of aromatic nitrogens is 2. The van der Waals surface area contributed by atoms with Crippen molar-refractivity contribution < 1.29 is 9.59 Å². The number of likely N-dealkylation sites (tertiary alicyclic amines) is 1. The average molecular weight is 419 g/mol. The zero-order valence-electron chi connectivity index (χ0n) is 18.1. The van der Waals surface area contributed by atoms with E-state index in [1.54, 1.807) is 0 Å². The van der Waals surface area contributed by atoms with Gasteiger partial charge in [-0.3, -0.25) is 9.59 Å². The molecule has 0 bridgehead atoms. The SMILES string of the molecule is Cc1ccccc1C(=O)NCCCc1nc2ccccc2n1CC(=O)N1CCCCC1. The maximum absolute atomic E-state index is 12.9. The number of carbonyl (C=O) groups excluding carboxylic acids is 2. The number of hydrogen-bond acceptors (Lipinski definition) is 3. The van der Waals surface area contributed by atoms with Crippen LogP contribution in [0.25, 0.3) is 11.0 Å². The summed E-state index contributed by atoms with van der Waals surface area (Å²) >= 11 is 0. The van der Waals surface area contributed by atoms with Crippen LogP contribution in [-0.2, 0) is 17.8 Å². The molecule has 31 heavy (non-hydrogen) atoms. The van der Waals surface area contributed by atoms with E-state index in [-0.39, 0.29) is 11.8 Å². The summed E-state index contributed by atoms with van der Waals surface area (Å²) in [6, 6.07) is 15.6. The second kappa shape index (κ2) is 9.77. The van der Waals surface area contributed by atoms with Gasteiger partial charge in [0.25, 0.3) is 5.91 Å². The number of piperidine rings is 1. The van der Waals surface area contributed by atoms with Crippen LogP contribution in [0, 0.1) is 6.92 Å². The molecule has 162 valence electrons. The van der Waals surface area contributed by atoms with Gasteiger partial charge in [0.05, 0.1) is 11.0 Å². The van der Waals surface area contributed by atoms with E-state index in [2.05, 4.69) is 9.88 Å². The molecule has 4 rings (SSSR count). The van der Waals surface area contributed by atoms with Crippen LogP contribution in [0.1, 0.15) is 47.4 Å². The first-order chi connectivity index (χ1) is 15.1. The van der Waals surface area contributed by atoms with E-state index in [0.717, 1.165) is 54.8 Å². The van der Waals surface area contributed by atoms with Crippen molar-refractivity contribution in [3.63, 3.8) is 0 Å². The van der Waals surface area contributed by atoms with Crippen LogP contribution in [0.2, 0.25) is 0 Å². The predicted molar refractivity (Wildman–Crippen MR) is 122 cm³/mol. The molecule has 0 saturated carbocycles. The lowest BCUT2D eigenvalue weighted by Crippen LogP contribution is -2.38. The number of nitrogens with zero attached hydrogens (tertiary/aromatic N) is 3. The summed E-state index contributed by atoms with van der Waals surface area (Å²) in [5.41, 5.74) is 3.58. The summed E-state index contributed by atoms with van der Waals surface area (Å²) in [6.07, 6.45) is 4.85. The minimum Gasteiger partial charge on any atom is -0.352 e. The maximum Gasteiger partial charge on any atom is 0.251 e. The molecule has 2 aromatic carbocycles. The number of benzene rings is 2. The van der Waals surface area contributed by atoms with E-state index in [1.807, 2.05) is 60.4 Å². The molecule has 1 aliphatic rings. The van der Waals surface area contributed by atoms with E-state index in [0.29, 0.717) is 25.1 Å². The third kappa shape index (κ3) is 4.95. The summed E-state index contributed by atoms with van der Waals surface area (Å²) in [4.78, 5) is 32.1. The molecule has 0 spiro atoms. The standard InChI is InChI=1S/C25H30N4O2/c1-19-10-3-4-11-20(19)25(31)26-15-9-14-23-27-21-12-5-6-13-22(21)29(23)18-24(30)28-16-7-2-8-17-28/h3-6,10-13H,2,7-9,14-18H2,1H3,(H,26,31). The van der Waals surface area contributed by atoms with Crippen LogP contribution in [0.4, 0.5) is 0 Å². The van der Waals surface area contributed by atoms with Crippen molar-refractivity contribution in [1.29, 1.82) is 0 Å². The zero-order valence-corrected chi connectivity index (χ0v) is 18.1. The third-order valence-electron chi connectivity index (χ3n) is 5.99. The zero-order chi connectivity index (χ0) is 21.6. The van der Waals surface area contributed by atoms with Gasteiger partial charge < -0.3 is 14.8 Å². The van der Waals surface area contributed by atoms with Gasteiger partial charge in [-0.05, 0) is 56.4 Å². The molecule has 1 saturated heterocycles. The largest absolute Gasteiger partial charge is 0.352 e. The molecule has 1 fully saturated rings. The Labute approximate surface area is 183 Å². The van der Waals surface area contributed by atoms with E-state index in [9.17, 15) is 9.59 Å². The lowest BCUT2D eigenvalue weighted by atomic mass is 10.1. The molecule has 0 unspecified atom stereocenters. The van der Waals surface area contributed by atoms with Crippen LogP contribution in [-0.4, -0.2) is 45.9 Å². The predicted octanol–water partition coefficient (Wildman–Crippen LogP) is 3.72. The van der Waals surface area contributed by atoms with Gasteiger partial charge in [-0.2, -0.15) is 0 Å². The first-order valence-corrected chi connectivity index (χ1v) is 11.2. The molecular weight excluding hydrogens is 388 g/mol. The number of amides is 2. The minimum absolute atomic E-state index is 0.0492. The molecule has 0 aliphatic carbocycles. The van der Waals surface area contributed by atoms with Gasteiger partial charge >= 0.3 is 0 Å². The molecule has 0 radical (unpaired) electrons. The molecule has 6 nitrogen and oxygen atoms in total. The Kier molecular flexibility index (Phi) is 6.65. The fourth-order valence-corrected chi connectivity index (χ4v) is 4.24. The fourth-order valence-electron chi connectivity index (χ4n) is 4.24. The Morgan fingerprint density at radius 3 is 2.55 bits per heavy atom. The van der Waals surface area contributed by atoms with Crippen molar-refractivity contribution in [1.82, 2.24) is 19.8 Å². The Morgan fingerprint density at radius 1 is 1.00 bits per heavy atom. The summed E-state index contributed by atoms with van der Waals surface area (Å²) in [5, 5.41) is 3.00. The number of imidazole rings is 1. The molecule has 1 aliphatic heterocycles.